The molecule has 3 aromatic rings. The summed E-state index contributed by atoms with van der Waals surface area (Å²) < 4.78 is 0. The molecule has 2 aromatic heterocycles. The van der Waals surface area contributed by atoms with Crippen molar-refractivity contribution in [3.8, 4) is 11.1 Å². The summed E-state index contributed by atoms with van der Waals surface area (Å²) in [6.07, 6.45) is 4.00. The summed E-state index contributed by atoms with van der Waals surface area (Å²) in [7, 11) is 0. The van der Waals surface area contributed by atoms with Gasteiger partial charge in [-0.25, -0.2) is 9.97 Å². The number of hydrogen-bond acceptors (Lipinski definition) is 6. The Morgan fingerprint density at radius 1 is 1.21 bits per heavy atom. The van der Waals surface area contributed by atoms with Gasteiger partial charge in [0.2, 0.25) is 5.91 Å². The third-order valence-electron chi connectivity index (χ3n) is 5.28. The van der Waals surface area contributed by atoms with Crippen LogP contribution in [0.3, 0.4) is 0 Å². The van der Waals surface area contributed by atoms with Gasteiger partial charge in [-0.3, -0.25) is 4.79 Å². The zero-order chi connectivity index (χ0) is 20.1. The molecule has 2 N–H and O–H groups in total. The monoisotopic (exact) mass is 409 g/mol. The molecule has 3 heterocycles. The third-order valence-corrected chi connectivity index (χ3v) is 6.29. The summed E-state index contributed by atoms with van der Waals surface area (Å²) >= 11 is 1.69. The number of aryl methyl sites for hydroxylation is 1. The SMILES string of the molecule is Cc1sc2ncnc(NCCCC(=O)N3CCCNCC3)c2c1-c1ccccc1. The van der Waals surface area contributed by atoms with E-state index in [0.29, 0.717) is 13.0 Å². The van der Waals surface area contributed by atoms with Crippen LogP contribution in [0.5, 0.6) is 0 Å². The topological polar surface area (TPSA) is 70.2 Å². The van der Waals surface area contributed by atoms with E-state index >= 15 is 0 Å². The van der Waals surface area contributed by atoms with Crippen molar-refractivity contribution < 1.29 is 4.79 Å². The fraction of sp³-hybridized carbons (Fsp3) is 0.409. The van der Waals surface area contributed by atoms with Gasteiger partial charge in [0.15, 0.2) is 0 Å². The Kier molecular flexibility index (Phi) is 6.36. The van der Waals surface area contributed by atoms with Crippen molar-refractivity contribution >= 4 is 33.3 Å². The van der Waals surface area contributed by atoms with Crippen LogP contribution in [0.25, 0.3) is 21.3 Å². The molecule has 0 bridgehead atoms. The normalized spacial score (nSPS) is 14.7. The smallest absolute Gasteiger partial charge is 0.222 e. The average molecular weight is 410 g/mol. The number of hydrogen-bond donors (Lipinski definition) is 2. The second-order valence-electron chi connectivity index (χ2n) is 7.32. The minimum atomic E-state index is 0.250. The molecule has 0 atom stereocenters. The highest BCUT2D eigenvalue weighted by atomic mass is 32.1. The highest BCUT2D eigenvalue weighted by Gasteiger charge is 2.17. The second kappa shape index (κ2) is 9.33. The van der Waals surface area contributed by atoms with Crippen LogP contribution in [0.2, 0.25) is 0 Å². The van der Waals surface area contributed by atoms with Crippen LogP contribution in [-0.4, -0.2) is 53.5 Å². The molecule has 1 aliphatic rings. The molecular weight excluding hydrogens is 382 g/mol. The summed E-state index contributed by atoms with van der Waals surface area (Å²) in [5.41, 5.74) is 2.38. The number of fused-ring (bicyclic) bond motifs is 1. The molecular formula is C22H27N5OS. The fourth-order valence-electron chi connectivity index (χ4n) is 3.83. The van der Waals surface area contributed by atoms with Gasteiger partial charge in [0.1, 0.15) is 17.0 Å². The van der Waals surface area contributed by atoms with Gasteiger partial charge < -0.3 is 15.5 Å². The third kappa shape index (κ3) is 4.57. The molecule has 1 fully saturated rings. The Bertz CT molecular complexity index is 964. The van der Waals surface area contributed by atoms with Gasteiger partial charge >= 0.3 is 0 Å². The number of benzene rings is 1. The Hall–Kier alpha value is -2.51. The molecule has 1 aromatic carbocycles. The van der Waals surface area contributed by atoms with Crippen LogP contribution in [0.4, 0.5) is 5.82 Å². The van der Waals surface area contributed by atoms with Crippen LogP contribution >= 0.6 is 11.3 Å². The Morgan fingerprint density at radius 2 is 2.07 bits per heavy atom. The maximum absolute atomic E-state index is 12.5. The molecule has 29 heavy (non-hydrogen) atoms. The standard InChI is InChI=1S/C22H27N5OS/c1-16-19(17-7-3-2-4-8-17)20-21(25-15-26-22(20)29-16)24-11-5-9-18(28)27-13-6-10-23-12-14-27/h2-4,7-8,15,23H,5-6,9-14H2,1H3,(H,24,25,26). The zero-order valence-corrected chi connectivity index (χ0v) is 17.6. The van der Waals surface area contributed by atoms with Crippen LogP contribution < -0.4 is 10.6 Å². The first-order chi connectivity index (χ1) is 14.2. The summed E-state index contributed by atoms with van der Waals surface area (Å²) in [6, 6.07) is 10.4. The minimum absolute atomic E-state index is 0.250. The Morgan fingerprint density at radius 3 is 2.93 bits per heavy atom. The molecule has 0 saturated carbocycles. The summed E-state index contributed by atoms with van der Waals surface area (Å²) in [5, 5.41) is 7.87. The predicted octanol–water partition coefficient (Wildman–Crippen LogP) is 3.68. The molecule has 0 spiro atoms. The number of nitrogens with zero attached hydrogens (tertiary/aromatic N) is 3. The summed E-state index contributed by atoms with van der Waals surface area (Å²) in [4.78, 5) is 25.7. The molecule has 1 aliphatic heterocycles. The fourth-order valence-corrected chi connectivity index (χ4v) is 4.84. The molecule has 1 amide bonds. The quantitative estimate of drug-likeness (QED) is 0.608. The summed E-state index contributed by atoms with van der Waals surface area (Å²) in [5.74, 6) is 1.10. The van der Waals surface area contributed by atoms with Gasteiger partial charge in [-0.1, -0.05) is 30.3 Å². The van der Waals surface area contributed by atoms with E-state index in [1.807, 2.05) is 11.0 Å². The van der Waals surface area contributed by atoms with E-state index in [2.05, 4.69) is 51.8 Å². The van der Waals surface area contributed by atoms with Crippen LogP contribution in [0.15, 0.2) is 36.7 Å². The largest absolute Gasteiger partial charge is 0.369 e. The van der Waals surface area contributed by atoms with E-state index in [1.54, 1.807) is 17.7 Å². The number of anilines is 1. The zero-order valence-electron chi connectivity index (χ0n) is 16.8. The van der Waals surface area contributed by atoms with E-state index in [4.69, 9.17) is 0 Å². The number of amides is 1. The van der Waals surface area contributed by atoms with E-state index in [-0.39, 0.29) is 5.91 Å². The molecule has 6 nitrogen and oxygen atoms in total. The van der Waals surface area contributed by atoms with Crippen LogP contribution in [-0.2, 0) is 4.79 Å². The first-order valence-corrected chi connectivity index (χ1v) is 11.1. The molecule has 4 rings (SSSR count). The Labute approximate surface area is 175 Å². The van der Waals surface area contributed by atoms with Crippen molar-refractivity contribution in [1.29, 1.82) is 0 Å². The van der Waals surface area contributed by atoms with Crippen LogP contribution in [0, 0.1) is 6.92 Å². The lowest BCUT2D eigenvalue weighted by Crippen LogP contribution is -2.34. The van der Waals surface area contributed by atoms with Gasteiger partial charge in [0.05, 0.1) is 5.39 Å². The van der Waals surface area contributed by atoms with Gasteiger partial charge in [-0.2, -0.15) is 0 Å². The maximum atomic E-state index is 12.5. The van der Waals surface area contributed by atoms with Gasteiger partial charge in [0, 0.05) is 43.0 Å². The number of aromatic nitrogens is 2. The van der Waals surface area contributed by atoms with Gasteiger partial charge in [-0.05, 0) is 31.9 Å². The molecule has 152 valence electrons. The highest BCUT2D eigenvalue weighted by Crippen LogP contribution is 2.40. The number of thiophene rings is 1. The van der Waals surface area contributed by atoms with Gasteiger partial charge in [-0.15, -0.1) is 11.3 Å². The number of nitrogens with one attached hydrogen (secondary N) is 2. The lowest BCUT2D eigenvalue weighted by atomic mass is 10.0. The predicted molar refractivity (Wildman–Crippen MR) is 119 cm³/mol. The lowest BCUT2D eigenvalue weighted by molar-refractivity contribution is -0.131. The van der Waals surface area contributed by atoms with Crippen molar-refractivity contribution in [3.05, 3.63) is 41.5 Å². The molecule has 0 radical (unpaired) electrons. The van der Waals surface area contributed by atoms with Crippen molar-refractivity contribution in [1.82, 2.24) is 20.2 Å². The van der Waals surface area contributed by atoms with Crippen molar-refractivity contribution in [2.75, 3.05) is 38.0 Å². The molecule has 1 saturated heterocycles. The second-order valence-corrected chi connectivity index (χ2v) is 8.52. The first-order valence-electron chi connectivity index (χ1n) is 10.3. The van der Waals surface area contributed by atoms with Crippen LogP contribution in [0.1, 0.15) is 24.1 Å². The van der Waals surface area contributed by atoms with E-state index < -0.39 is 0 Å². The van der Waals surface area contributed by atoms with Crippen molar-refractivity contribution in [2.45, 2.75) is 26.2 Å². The lowest BCUT2D eigenvalue weighted by Gasteiger charge is -2.20. The van der Waals surface area contributed by atoms with E-state index in [9.17, 15) is 4.79 Å². The minimum Gasteiger partial charge on any atom is -0.369 e. The summed E-state index contributed by atoms with van der Waals surface area (Å²) in [6.45, 7) is 6.41. The highest BCUT2D eigenvalue weighted by molar-refractivity contribution is 7.19. The van der Waals surface area contributed by atoms with E-state index in [1.165, 1.54) is 16.0 Å². The number of carbonyl (C=O) groups is 1. The average Bonchev–Trinajstić information content (AvgIpc) is 2.91. The van der Waals surface area contributed by atoms with Gasteiger partial charge in [0.25, 0.3) is 0 Å². The molecule has 7 heteroatoms. The molecule has 0 unspecified atom stereocenters. The number of rotatable bonds is 6. The maximum Gasteiger partial charge on any atom is 0.222 e. The molecule has 0 aliphatic carbocycles. The first kappa shape index (κ1) is 19.8. The van der Waals surface area contributed by atoms with Crippen molar-refractivity contribution in [3.63, 3.8) is 0 Å². The number of carbonyl (C=O) groups excluding carboxylic acids is 1. The van der Waals surface area contributed by atoms with Crippen molar-refractivity contribution in [2.24, 2.45) is 0 Å². The van der Waals surface area contributed by atoms with E-state index in [0.717, 1.165) is 55.1 Å². The Balaban J connectivity index is 1.44.